The van der Waals surface area contributed by atoms with E-state index in [-0.39, 0.29) is 19.8 Å². The normalized spacial score (nSPS) is 50.3. The van der Waals surface area contributed by atoms with Crippen molar-refractivity contribution in [3.05, 3.63) is 0 Å². The lowest BCUT2D eigenvalue weighted by molar-refractivity contribution is -0.287. The standard InChI is InChI=1S/C13H25N3O7.C12H23N3O8.CH4/c1-3-2-4(14)10(8(19)6(3)17)22-13-5(15)7(18)9(20)11(23-13)12(16)21;13-2-1-3(14)9(7(18)5(2)16)22-12-4(15)6(17)8(19)10(23-12)11(20)21;/h3-11,13,17-20H,2,14-15H2,1H3,(H2,16,21);2-10,12,16-19H,1,13-15H2,(H,20,21);1H4/t3-,4?,5?,6?,7-,8-,9+,10-,11?,13+;2-,3?,4?,5?,6-,7-,8+,9-,10?,12+;/m11./s1. The first kappa shape index (κ1) is 41.4. The summed E-state index contributed by atoms with van der Waals surface area (Å²) in [6.07, 6.45) is -19.1. The van der Waals surface area contributed by atoms with Crippen LogP contribution in [0.5, 0.6) is 0 Å². The van der Waals surface area contributed by atoms with E-state index >= 15 is 0 Å². The van der Waals surface area contributed by atoms with Gasteiger partial charge in [0.1, 0.15) is 48.8 Å². The van der Waals surface area contributed by atoms with Crippen LogP contribution in [0.15, 0.2) is 0 Å². The Morgan fingerprint density at radius 1 is 0.596 bits per heavy atom. The Hall–Kier alpha value is -1.74. The number of nitrogens with two attached hydrogens (primary N) is 6. The number of aliphatic carboxylic acids is 1. The van der Waals surface area contributed by atoms with E-state index in [4.69, 9.17) is 58.5 Å². The van der Waals surface area contributed by atoms with E-state index in [1.807, 2.05) is 0 Å². The maximum atomic E-state index is 11.3. The second kappa shape index (κ2) is 16.8. The molecule has 0 aromatic carbocycles. The Balaban J connectivity index is 0.000000320. The van der Waals surface area contributed by atoms with Gasteiger partial charge in [-0.15, -0.1) is 0 Å². The van der Waals surface area contributed by atoms with Crippen molar-refractivity contribution in [1.82, 2.24) is 0 Å². The van der Waals surface area contributed by atoms with Crippen LogP contribution in [0.2, 0.25) is 0 Å². The molecule has 20 atom stereocenters. The summed E-state index contributed by atoms with van der Waals surface area (Å²) in [6, 6.07) is -4.55. The molecule has 8 unspecified atom stereocenters. The highest BCUT2D eigenvalue weighted by Gasteiger charge is 2.51. The number of carboxylic acid groups (broad SMARTS) is 1. The molecule has 2 saturated carbocycles. The molecule has 0 spiro atoms. The van der Waals surface area contributed by atoms with Gasteiger partial charge in [-0.25, -0.2) is 4.79 Å². The molecule has 0 aromatic rings. The molecule has 2 aliphatic carbocycles. The Morgan fingerprint density at radius 3 is 1.45 bits per heavy atom. The lowest BCUT2D eigenvalue weighted by atomic mass is 9.80. The van der Waals surface area contributed by atoms with E-state index in [1.165, 1.54) is 0 Å². The lowest BCUT2D eigenvalue weighted by Gasteiger charge is -2.45. The predicted octanol–water partition coefficient (Wildman–Crippen LogP) is -8.63. The highest BCUT2D eigenvalue weighted by molar-refractivity contribution is 5.79. The molecule has 0 radical (unpaired) electrons. The van der Waals surface area contributed by atoms with Gasteiger partial charge in [-0.3, -0.25) is 4.79 Å². The van der Waals surface area contributed by atoms with E-state index in [0.29, 0.717) is 6.42 Å². The van der Waals surface area contributed by atoms with Gasteiger partial charge < -0.3 is 99.3 Å². The number of hydrogen-bond donors (Lipinski definition) is 15. The van der Waals surface area contributed by atoms with Gasteiger partial charge in [0.15, 0.2) is 24.8 Å². The van der Waals surface area contributed by atoms with Crippen molar-refractivity contribution >= 4 is 11.9 Å². The molecule has 2 heterocycles. The monoisotopic (exact) mass is 688 g/mol. The smallest absolute Gasteiger partial charge is 0.335 e. The summed E-state index contributed by atoms with van der Waals surface area (Å²) in [5.74, 6) is -2.71. The Bertz CT molecular complexity index is 959. The number of carboxylic acids is 1. The van der Waals surface area contributed by atoms with Crippen LogP contribution in [0.3, 0.4) is 0 Å². The molecule has 0 aromatic heterocycles. The first-order valence-corrected chi connectivity index (χ1v) is 14.7. The van der Waals surface area contributed by atoms with E-state index < -0.39 is 128 Å². The van der Waals surface area contributed by atoms with Gasteiger partial charge in [0.2, 0.25) is 5.91 Å². The summed E-state index contributed by atoms with van der Waals surface area (Å²) in [7, 11) is 0. The molecular formula is C26H52N6O15. The third-order valence-electron chi connectivity index (χ3n) is 8.83. The van der Waals surface area contributed by atoms with Gasteiger partial charge in [0.25, 0.3) is 0 Å². The molecule has 21 heteroatoms. The third-order valence-corrected chi connectivity index (χ3v) is 8.83. The second-order valence-electron chi connectivity index (χ2n) is 12.3. The van der Waals surface area contributed by atoms with Gasteiger partial charge >= 0.3 is 5.97 Å². The van der Waals surface area contributed by atoms with Gasteiger partial charge in [0, 0.05) is 18.1 Å². The molecule has 4 fully saturated rings. The maximum absolute atomic E-state index is 11.3. The van der Waals surface area contributed by atoms with Gasteiger partial charge in [-0.1, -0.05) is 14.4 Å². The van der Waals surface area contributed by atoms with Crippen molar-refractivity contribution in [3.8, 4) is 0 Å². The van der Waals surface area contributed by atoms with Gasteiger partial charge in [0.05, 0.1) is 24.3 Å². The van der Waals surface area contributed by atoms with Crippen molar-refractivity contribution in [2.75, 3.05) is 0 Å². The zero-order valence-electron chi connectivity index (χ0n) is 24.9. The first-order valence-electron chi connectivity index (χ1n) is 14.7. The van der Waals surface area contributed by atoms with Crippen LogP contribution in [0.25, 0.3) is 0 Å². The minimum Gasteiger partial charge on any atom is -0.479 e. The summed E-state index contributed by atoms with van der Waals surface area (Å²) in [5.41, 5.74) is 34.0. The summed E-state index contributed by atoms with van der Waals surface area (Å²) in [5, 5.41) is 88.0. The molecule has 2 saturated heterocycles. The number of aliphatic hydroxyl groups is 8. The molecule has 47 heavy (non-hydrogen) atoms. The minimum absolute atomic E-state index is 0. The average Bonchev–Trinajstić information content (AvgIpc) is 2.98. The topological polar surface area (TPSA) is 409 Å². The summed E-state index contributed by atoms with van der Waals surface area (Å²) in [6.45, 7) is 1.75. The van der Waals surface area contributed by atoms with Crippen molar-refractivity contribution in [3.63, 3.8) is 0 Å². The first-order chi connectivity index (χ1) is 21.3. The van der Waals surface area contributed by atoms with Crippen LogP contribution in [0, 0.1) is 5.92 Å². The summed E-state index contributed by atoms with van der Waals surface area (Å²) in [4.78, 5) is 22.3. The predicted molar refractivity (Wildman–Crippen MR) is 157 cm³/mol. The minimum atomic E-state index is -1.75. The van der Waals surface area contributed by atoms with E-state index in [0.717, 1.165) is 0 Å². The van der Waals surface area contributed by atoms with E-state index in [9.17, 15) is 50.4 Å². The lowest BCUT2D eigenvalue weighted by Crippen LogP contribution is -2.67. The fraction of sp³-hybridized carbons (Fsp3) is 0.923. The number of primary amides is 1. The SMILES string of the molecule is C.C[C@@H]1CC(N)[C@@H](O[C@H]2OC(C(N)=O)[C@@H](O)[C@H](O)C2N)[C@H](O)C1O.NC1[C@@H](O[C@@H]2C(N)C[C@@H](N)C(O)[C@H]2O)OC(C(=O)O)[C@@H](O)[C@@H]1O. The highest BCUT2D eigenvalue weighted by Crippen LogP contribution is 2.30. The Labute approximate surface area is 270 Å². The molecule has 4 rings (SSSR count). The number of carbonyl (C=O) groups is 2. The second-order valence-corrected chi connectivity index (χ2v) is 12.3. The molecule has 0 bridgehead atoms. The highest BCUT2D eigenvalue weighted by atomic mass is 16.7. The number of carbonyl (C=O) groups excluding carboxylic acids is 1. The van der Waals surface area contributed by atoms with Crippen molar-refractivity contribution in [1.29, 1.82) is 0 Å². The molecular weight excluding hydrogens is 636 g/mol. The van der Waals surface area contributed by atoms with Gasteiger partial charge in [-0.2, -0.15) is 0 Å². The van der Waals surface area contributed by atoms with Crippen LogP contribution in [-0.2, 0) is 28.5 Å². The van der Waals surface area contributed by atoms with Crippen LogP contribution < -0.4 is 34.4 Å². The Kier molecular flexibility index (Phi) is 14.8. The van der Waals surface area contributed by atoms with E-state index in [2.05, 4.69) is 0 Å². The number of ether oxygens (including phenoxy) is 4. The molecule has 21 nitrogen and oxygen atoms in total. The van der Waals surface area contributed by atoms with Crippen LogP contribution in [-0.4, -0.2) is 174 Å². The van der Waals surface area contributed by atoms with Crippen LogP contribution in [0.1, 0.15) is 27.2 Å². The largest absolute Gasteiger partial charge is 0.479 e. The molecule has 1 amide bonds. The Morgan fingerprint density at radius 2 is 1.00 bits per heavy atom. The number of aliphatic hydroxyl groups excluding tert-OH is 8. The number of hydrogen-bond acceptors (Lipinski definition) is 19. The van der Waals surface area contributed by atoms with Crippen molar-refractivity contribution < 1.29 is 74.5 Å². The quantitative estimate of drug-likeness (QED) is 0.123. The molecule has 4 aliphatic rings. The summed E-state index contributed by atoms with van der Waals surface area (Å²) < 4.78 is 21.2. The van der Waals surface area contributed by atoms with Crippen LogP contribution in [0.4, 0.5) is 0 Å². The van der Waals surface area contributed by atoms with Crippen molar-refractivity contribution in [2.24, 2.45) is 40.3 Å². The van der Waals surface area contributed by atoms with Crippen molar-refractivity contribution in [2.45, 2.75) is 143 Å². The number of amides is 1. The summed E-state index contributed by atoms with van der Waals surface area (Å²) >= 11 is 0. The fourth-order valence-electron chi connectivity index (χ4n) is 5.90. The average molecular weight is 689 g/mol. The zero-order valence-corrected chi connectivity index (χ0v) is 24.9. The maximum Gasteiger partial charge on any atom is 0.335 e. The zero-order chi connectivity index (χ0) is 34.9. The fourth-order valence-corrected chi connectivity index (χ4v) is 5.90. The molecule has 2 aliphatic heterocycles. The van der Waals surface area contributed by atoms with E-state index in [1.54, 1.807) is 6.92 Å². The third kappa shape index (κ3) is 8.90. The molecule has 276 valence electrons. The number of rotatable bonds is 6. The molecule has 21 N–H and O–H groups in total. The van der Waals surface area contributed by atoms with Crippen LogP contribution >= 0.6 is 0 Å². The van der Waals surface area contributed by atoms with Gasteiger partial charge in [-0.05, 0) is 18.8 Å².